The maximum Gasteiger partial charge on any atom is 0.118 e. The molecule has 1 aromatic rings. The van der Waals surface area contributed by atoms with Gasteiger partial charge in [-0.3, -0.25) is 0 Å². The lowest BCUT2D eigenvalue weighted by molar-refractivity contribution is 0.414. The Morgan fingerprint density at radius 1 is 1.38 bits per heavy atom. The van der Waals surface area contributed by atoms with Gasteiger partial charge in [0, 0.05) is 19.3 Å². The smallest absolute Gasteiger partial charge is 0.118 e. The third-order valence-corrected chi connectivity index (χ3v) is 1.73. The van der Waals surface area contributed by atoms with Gasteiger partial charge in [0.2, 0.25) is 0 Å². The van der Waals surface area contributed by atoms with Gasteiger partial charge in [0.25, 0.3) is 0 Å². The van der Waals surface area contributed by atoms with Crippen LogP contribution in [0.25, 0.3) is 0 Å². The lowest BCUT2D eigenvalue weighted by Gasteiger charge is -2.03. The summed E-state index contributed by atoms with van der Waals surface area (Å²) in [5, 5.41) is 9.93. The van der Waals surface area contributed by atoms with Crippen molar-refractivity contribution in [2.24, 2.45) is 0 Å². The van der Waals surface area contributed by atoms with Gasteiger partial charge in [0.1, 0.15) is 5.75 Å². The molecule has 0 fully saturated rings. The van der Waals surface area contributed by atoms with E-state index in [-0.39, 0.29) is 0 Å². The molecule has 70 valence electrons. The summed E-state index contributed by atoms with van der Waals surface area (Å²) in [7, 11) is 1.66. The van der Waals surface area contributed by atoms with Gasteiger partial charge in [0.05, 0.1) is 7.11 Å². The van der Waals surface area contributed by atoms with E-state index >= 15 is 0 Å². The first-order valence-corrected chi connectivity index (χ1v) is 4.19. The summed E-state index contributed by atoms with van der Waals surface area (Å²) in [4.78, 5) is 0. The number of rotatable bonds is 5. The number of hydrogen-bond donors (Lipinski definition) is 2. The zero-order chi connectivity index (χ0) is 9.52. The lowest BCUT2D eigenvalue weighted by atomic mass is 10.2. The molecule has 0 aliphatic rings. The van der Waals surface area contributed by atoms with Crippen LogP contribution in [0.4, 0.5) is 0 Å². The number of methoxy groups -OCH3 is 1. The Hall–Kier alpha value is -1.35. The molecule has 0 saturated heterocycles. The van der Waals surface area contributed by atoms with Gasteiger partial charge in [-0.1, -0.05) is 12.1 Å². The fourth-order valence-corrected chi connectivity index (χ4v) is 1.03. The van der Waals surface area contributed by atoms with Crippen LogP contribution in [0.2, 0.25) is 0 Å². The van der Waals surface area contributed by atoms with Gasteiger partial charge in [-0.2, -0.15) is 0 Å². The molecule has 0 amide bonds. The third-order valence-electron chi connectivity index (χ3n) is 1.73. The maximum absolute atomic E-state index is 6.82. The SMILES string of the molecule is COc1ccc(CNCC=N)cc1. The van der Waals surface area contributed by atoms with Gasteiger partial charge in [0.15, 0.2) is 0 Å². The molecule has 0 unspecified atom stereocenters. The van der Waals surface area contributed by atoms with E-state index < -0.39 is 0 Å². The first kappa shape index (κ1) is 9.74. The summed E-state index contributed by atoms with van der Waals surface area (Å²) >= 11 is 0. The first-order chi connectivity index (χ1) is 6.36. The minimum Gasteiger partial charge on any atom is -0.497 e. The summed E-state index contributed by atoms with van der Waals surface area (Å²) in [6.45, 7) is 1.41. The lowest BCUT2D eigenvalue weighted by Crippen LogP contribution is -2.14. The fourth-order valence-electron chi connectivity index (χ4n) is 1.03. The van der Waals surface area contributed by atoms with E-state index in [1.54, 1.807) is 7.11 Å². The fraction of sp³-hybridized carbons (Fsp3) is 0.300. The molecule has 3 nitrogen and oxygen atoms in total. The Morgan fingerprint density at radius 2 is 2.08 bits per heavy atom. The van der Waals surface area contributed by atoms with Crippen molar-refractivity contribution < 1.29 is 4.74 Å². The Balaban J connectivity index is 2.44. The van der Waals surface area contributed by atoms with E-state index in [9.17, 15) is 0 Å². The average Bonchev–Trinajstić information content (AvgIpc) is 2.19. The van der Waals surface area contributed by atoms with Crippen molar-refractivity contribution in [1.29, 1.82) is 5.41 Å². The molecule has 0 saturated carbocycles. The molecule has 13 heavy (non-hydrogen) atoms. The van der Waals surface area contributed by atoms with Crippen molar-refractivity contribution in [2.75, 3.05) is 13.7 Å². The molecule has 0 heterocycles. The Kier molecular flexibility index (Phi) is 3.99. The summed E-state index contributed by atoms with van der Waals surface area (Å²) in [6.07, 6.45) is 1.35. The largest absolute Gasteiger partial charge is 0.497 e. The van der Waals surface area contributed by atoms with Gasteiger partial charge in [-0.05, 0) is 17.7 Å². The molecule has 0 atom stereocenters. The van der Waals surface area contributed by atoms with Crippen LogP contribution < -0.4 is 10.1 Å². The topological polar surface area (TPSA) is 45.1 Å². The molecule has 1 aromatic carbocycles. The van der Waals surface area contributed by atoms with Crippen LogP contribution in [0.15, 0.2) is 24.3 Å². The van der Waals surface area contributed by atoms with Gasteiger partial charge >= 0.3 is 0 Å². The molecule has 0 spiro atoms. The summed E-state index contributed by atoms with van der Waals surface area (Å²) in [5.41, 5.74) is 1.20. The normalized spacial score (nSPS) is 9.62. The second-order valence-electron chi connectivity index (χ2n) is 2.68. The highest BCUT2D eigenvalue weighted by Crippen LogP contribution is 2.10. The van der Waals surface area contributed by atoms with Crippen molar-refractivity contribution in [3.63, 3.8) is 0 Å². The van der Waals surface area contributed by atoms with Crippen LogP contribution in [-0.4, -0.2) is 19.9 Å². The van der Waals surface area contributed by atoms with Gasteiger partial charge in [-0.15, -0.1) is 0 Å². The third kappa shape index (κ3) is 3.25. The number of hydrogen-bond acceptors (Lipinski definition) is 3. The second kappa shape index (κ2) is 5.32. The molecular weight excluding hydrogens is 164 g/mol. The molecule has 1 rings (SSSR count). The van der Waals surface area contributed by atoms with Crippen LogP contribution in [0.5, 0.6) is 5.75 Å². The number of nitrogens with one attached hydrogen (secondary N) is 2. The quantitative estimate of drug-likeness (QED) is 0.529. The van der Waals surface area contributed by atoms with Crippen LogP contribution in [0.3, 0.4) is 0 Å². The van der Waals surface area contributed by atoms with Crippen LogP contribution >= 0.6 is 0 Å². The monoisotopic (exact) mass is 178 g/mol. The molecule has 0 aliphatic heterocycles. The standard InChI is InChI=1S/C10H14N2O/c1-13-10-4-2-9(3-5-10)8-12-7-6-11/h2-6,11-12H,7-8H2,1H3. The van der Waals surface area contributed by atoms with Crippen LogP contribution in [0.1, 0.15) is 5.56 Å². The molecule has 0 radical (unpaired) electrons. The first-order valence-electron chi connectivity index (χ1n) is 4.19. The molecular formula is C10H14N2O. The van der Waals surface area contributed by atoms with E-state index in [1.165, 1.54) is 11.8 Å². The summed E-state index contributed by atoms with van der Waals surface area (Å²) in [6, 6.07) is 7.88. The van der Waals surface area contributed by atoms with E-state index in [1.807, 2.05) is 24.3 Å². The van der Waals surface area contributed by atoms with Gasteiger partial charge in [-0.25, -0.2) is 0 Å². The Bertz CT molecular complexity index is 256. The van der Waals surface area contributed by atoms with E-state index in [4.69, 9.17) is 10.1 Å². The number of ether oxygens (including phenoxy) is 1. The van der Waals surface area contributed by atoms with E-state index in [0.29, 0.717) is 6.54 Å². The highest BCUT2D eigenvalue weighted by molar-refractivity contribution is 5.55. The van der Waals surface area contributed by atoms with Crippen molar-refractivity contribution in [3.8, 4) is 5.75 Å². The predicted octanol–water partition coefficient (Wildman–Crippen LogP) is 1.43. The summed E-state index contributed by atoms with van der Waals surface area (Å²) in [5.74, 6) is 0.871. The van der Waals surface area contributed by atoms with Crippen LogP contribution in [0, 0.1) is 5.41 Å². The second-order valence-corrected chi connectivity index (χ2v) is 2.68. The van der Waals surface area contributed by atoms with Crippen molar-refractivity contribution >= 4 is 6.21 Å². The zero-order valence-corrected chi connectivity index (χ0v) is 7.71. The zero-order valence-electron chi connectivity index (χ0n) is 7.71. The number of benzene rings is 1. The van der Waals surface area contributed by atoms with Crippen molar-refractivity contribution in [1.82, 2.24) is 5.32 Å². The molecule has 0 aromatic heterocycles. The van der Waals surface area contributed by atoms with Crippen molar-refractivity contribution in [3.05, 3.63) is 29.8 Å². The molecule has 0 bridgehead atoms. The molecule has 0 aliphatic carbocycles. The maximum atomic E-state index is 6.82. The van der Waals surface area contributed by atoms with Crippen LogP contribution in [-0.2, 0) is 6.54 Å². The summed E-state index contributed by atoms with van der Waals surface area (Å²) < 4.78 is 5.04. The molecule has 3 heteroatoms. The highest BCUT2D eigenvalue weighted by Gasteiger charge is 1.92. The Morgan fingerprint density at radius 3 is 2.62 bits per heavy atom. The van der Waals surface area contributed by atoms with E-state index in [2.05, 4.69) is 5.32 Å². The Labute approximate surface area is 78.2 Å². The van der Waals surface area contributed by atoms with Gasteiger partial charge < -0.3 is 15.5 Å². The van der Waals surface area contributed by atoms with Crippen molar-refractivity contribution in [2.45, 2.75) is 6.54 Å². The highest BCUT2D eigenvalue weighted by atomic mass is 16.5. The predicted molar refractivity (Wildman–Crippen MR) is 53.5 cm³/mol. The minimum atomic E-state index is 0.617. The average molecular weight is 178 g/mol. The minimum absolute atomic E-state index is 0.617. The molecule has 2 N–H and O–H groups in total. The van der Waals surface area contributed by atoms with E-state index in [0.717, 1.165) is 12.3 Å².